The molecule has 1 aromatic carbocycles. The smallest absolute Gasteiger partial charge is 0.354 e. The second kappa shape index (κ2) is 5.43. The summed E-state index contributed by atoms with van der Waals surface area (Å²) in [6.45, 7) is -0.151. The van der Waals surface area contributed by atoms with Crippen LogP contribution >= 0.6 is 0 Å². The monoisotopic (exact) mass is 265 g/mol. The second-order valence-corrected chi connectivity index (χ2v) is 3.68. The molecule has 0 unspecified atom stereocenters. The molecule has 0 saturated heterocycles. The number of hydrogen-bond acceptors (Lipinski definition) is 3. The van der Waals surface area contributed by atoms with Gasteiger partial charge in [-0.2, -0.15) is 0 Å². The van der Waals surface area contributed by atoms with Crippen LogP contribution in [0, 0.1) is 11.6 Å². The number of carboxylic acid groups (broad SMARTS) is 1. The summed E-state index contributed by atoms with van der Waals surface area (Å²) in [5.74, 6) is -2.74. The predicted octanol–water partition coefficient (Wildman–Crippen LogP) is 2.64. The Morgan fingerprint density at radius 2 is 2.05 bits per heavy atom. The number of ether oxygens (including phenoxy) is 1. The van der Waals surface area contributed by atoms with Crippen LogP contribution in [-0.4, -0.2) is 16.1 Å². The van der Waals surface area contributed by atoms with Gasteiger partial charge >= 0.3 is 5.97 Å². The zero-order chi connectivity index (χ0) is 13.8. The highest BCUT2D eigenvalue weighted by atomic mass is 19.1. The number of pyridine rings is 1. The van der Waals surface area contributed by atoms with Gasteiger partial charge in [0.25, 0.3) is 0 Å². The van der Waals surface area contributed by atoms with Crippen LogP contribution in [0.1, 0.15) is 16.2 Å². The fraction of sp³-hybridized carbons (Fsp3) is 0.0769. The molecule has 19 heavy (non-hydrogen) atoms. The topological polar surface area (TPSA) is 59.4 Å². The number of aromatic carboxylic acids is 1. The fourth-order valence-electron chi connectivity index (χ4n) is 1.42. The number of halogens is 2. The van der Waals surface area contributed by atoms with Gasteiger partial charge in [-0.1, -0.05) is 6.07 Å². The van der Waals surface area contributed by atoms with E-state index in [0.717, 1.165) is 18.2 Å². The Labute approximate surface area is 107 Å². The number of benzene rings is 1. The standard InChI is InChI=1S/C13H9F2NO3/c14-8-4-5-10(15)12(6-8)19-7-9-2-1-3-11(16-9)13(17)18/h1-6H,7H2,(H,17,18). The molecule has 0 fully saturated rings. The zero-order valence-electron chi connectivity index (χ0n) is 9.64. The van der Waals surface area contributed by atoms with Gasteiger partial charge in [-0.25, -0.2) is 18.6 Å². The van der Waals surface area contributed by atoms with E-state index in [1.54, 1.807) is 0 Å². The first-order valence-electron chi connectivity index (χ1n) is 5.33. The molecule has 0 aliphatic rings. The molecule has 2 aromatic rings. The number of carboxylic acids is 1. The number of aromatic nitrogens is 1. The Morgan fingerprint density at radius 1 is 1.26 bits per heavy atom. The molecule has 0 saturated carbocycles. The molecule has 0 amide bonds. The molecular formula is C13H9F2NO3. The quantitative estimate of drug-likeness (QED) is 0.923. The Bertz CT molecular complexity index is 617. The van der Waals surface area contributed by atoms with Crippen LogP contribution in [0.5, 0.6) is 5.75 Å². The van der Waals surface area contributed by atoms with E-state index in [-0.39, 0.29) is 18.1 Å². The third kappa shape index (κ3) is 3.25. The van der Waals surface area contributed by atoms with Gasteiger partial charge in [0.05, 0.1) is 5.69 Å². The van der Waals surface area contributed by atoms with Gasteiger partial charge in [-0.15, -0.1) is 0 Å². The maximum Gasteiger partial charge on any atom is 0.354 e. The summed E-state index contributed by atoms with van der Waals surface area (Å²) in [5, 5.41) is 8.76. The third-order valence-electron chi connectivity index (χ3n) is 2.29. The zero-order valence-corrected chi connectivity index (χ0v) is 9.64. The van der Waals surface area contributed by atoms with E-state index < -0.39 is 17.6 Å². The average molecular weight is 265 g/mol. The molecule has 2 rings (SSSR count). The van der Waals surface area contributed by atoms with E-state index in [2.05, 4.69) is 4.98 Å². The van der Waals surface area contributed by atoms with Crippen LogP contribution in [-0.2, 0) is 6.61 Å². The summed E-state index contributed by atoms with van der Waals surface area (Å²) in [4.78, 5) is 14.5. The molecule has 1 aromatic heterocycles. The lowest BCUT2D eigenvalue weighted by atomic mass is 10.3. The lowest BCUT2D eigenvalue weighted by Crippen LogP contribution is -2.05. The highest BCUT2D eigenvalue weighted by Crippen LogP contribution is 2.19. The first-order valence-corrected chi connectivity index (χ1v) is 5.33. The number of carbonyl (C=O) groups is 1. The summed E-state index contributed by atoms with van der Waals surface area (Å²) in [5.41, 5.74) is 0.171. The lowest BCUT2D eigenvalue weighted by molar-refractivity contribution is 0.0690. The SMILES string of the molecule is O=C(O)c1cccc(COc2cc(F)ccc2F)n1. The van der Waals surface area contributed by atoms with Crippen LogP contribution < -0.4 is 4.74 Å². The summed E-state index contributed by atoms with van der Waals surface area (Å²) >= 11 is 0. The van der Waals surface area contributed by atoms with Gasteiger partial charge in [-0.3, -0.25) is 0 Å². The fourth-order valence-corrected chi connectivity index (χ4v) is 1.42. The van der Waals surface area contributed by atoms with Gasteiger partial charge in [0.15, 0.2) is 11.6 Å². The van der Waals surface area contributed by atoms with Crippen molar-refractivity contribution in [1.29, 1.82) is 0 Å². The second-order valence-electron chi connectivity index (χ2n) is 3.68. The minimum absolute atomic E-state index is 0.138. The van der Waals surface area contributed by atoms with E-state index in [1.165, 1.54) is 18.2 Å². The van der Waals surface area contributed by atoms with E-state index in [0.29, 0.717) is 5.69 Å². The summed E-state index contributed by atoms with van der Waals surface area (Å²) in [6.07, 6.45) is 0. The molecule has 0 spiro atoms. The molecular weight excluding hydrogens is 256 g/mol. The Balaban J connectivity index is 2.12. The molecule has 98 valence electrons. The minimum atomic E-state index is -1.17. The van der Waals surface area contributed by atoms with Crippen molar-refractivity contribution in [2.24, 2.45) is 0 Å². The van der Waals surface area contributed by atoms with E-state index in [1.807, 2.05) is 0 Å². The highest BCUT2D eigenvalue weighted by Gasteiger charge is 2.08. The highest BCUT2D eigenvalue weighted by molar-refractivity contribution is 5.85. The summed E-state index contributed by atoms with van der Waals surface area (Å²) in [6, 6.07) is 7.20. The molecule has 1 N–H and O–H groups in total. The number of nitrogens with zero attached hydrogens (tertiary/aromatic N) is 1. The summed E-state index contributed by atoms with van der Waals surface area (Å²) in [7, 11) is 0. The predicted molar refractivity (Wildman–Crippen MR) is 61.9 cm³/mol. The van der Waals surface area contributed by atoms with Gasteiger partial charge in [0, 0.05) is 6.07 Å². The first kappa shape index (κ1) is 12.9. The number of hydrogen-bond donors (Lipinski definition) is 1. The summed E-state index contributed by atoms with van der Waals surface area (Å²) < 4.78 is 31.2. The molecule has 4 nitrogen and oxygen atoms in total. The molecule has 0 aliphatic heterocycles. The number of rotatable bonds is 4. The van der Waals surface area contributed by atoms with Crippen molar-refractivity contribution in [2.75, 3.05) is 0 Å². The minimum Gasteiger partial charge on any atom is -0.484 e. The molecule has 1 heterocycles. The Morgan fingerprint density at radius 3 is 2.79 bits per heavy atom. The van der Waals surface area contributed by atoms with Crippen LogP contribution in [0.3, 0.4) is 0 Å². The van der Waals surface area contributed by atoms with E-state index >= 15 is 0 Å². The van der Waals surface area contributed by atoms with Crippen molar-refractivity contribution in [3.63, 3.8) is 0 Å². The first-order chi connectivity index (χ1) is 9.06. The van der Waals surface area contributed by atoms with E-state index in [9.17, 15) is 13.6 Å². The van der Waals surface area contributed by atoms with Crippen molar-refractivity contribution in [3.05, 3.63) is 59.4 Å². The van der Waals surface area contributed by atoms with Crippen molar-refractivity contribution >= 4 is 5.97 Å². The molecule has 0 radical (unpaired) electrons. The van der Waals surface area contributed by atoms with E-state index in [4.69, 9.17) is 9.84 Å². The normalized spacial score (nSPS) is 10.2. The van der Waals surface area contributed by atoms with Crippen molar-refractivity contribution in [3.8, 4) is 5.75 Å². The van der Waals surface area contributed by atoms with Crippen LogP contribution in [0.2, 0.25) is 0 Å². The average Bonchev–Trinajstić information content (AvgIpc) is 2.40. The Kier molecular flexibility index (Phi) is 3.70. The van der Waals surface area contributed by atoms with Crippen LogP contribution in [0.25, 0.3) is 0 Å². The largest absolute Gasteiger partial charge is 0.484 e. The van der Waals surface area contributed by atoms with Gasteiger partial charge in [0.1, 0.15) is 18.1 Å². The van der Waals surface area contributed by atoms with Crippen molar-refractivity contribution in [2.45, 2.75) is 6.61 Å². The molecule has 0 bridgehead atoms. The maximum atomic E-state index is 13.3. The van der Waals surface area contributed by atoms with Gasteiger partial charge in [0.2, 0.25) is 0 Å². The van der Waals surface area contributed by atoms with Gasteiger partial charge < -0.3 is 9.84 Å². The van der Waals surface area contributed by atoms with Crippen LogP contribution in [0.4, 0.5) is 8.78 Å². The van der Waals surface area contributed by atoms with Crippen LogP contribution in [0.15, 0.2) is 36.4 Å². The molecule has 0 atom stereocenters. The van der Waals surface area contributed by atoms with Crippen molar-refractivity contribution < 1.29 is 23.4 Å². The Hall–Kier alpha value is -2.50. The van der Waals surface area contributed by atoms with Gasteiger partial charge in [-0.05, 0) is 24.3 Å². The maximum absolute atomic E-state index is 13.3. The molecule has 0 aliphatic carbocycles. The van der Waals surface area contributed by atoms with Crippen molar-refractivity contribution in [1.82, 2.24) is 4.98 Å². The molecule has 6 heteroatoms. The third-order valence-corrected chi connectivity index (χ3v) is 2.29. The lowest BCUT2D eigenvalue weighted by Gasteiger charge is -2.07.